The maximum atomic E-state index is 12.3. The summed E-state index contributed by atoms with van der Waals surface area (Å²) in [6.07, 6.45) is 9.20. The fraction of sp³-hybridized carbons (Fsp3) is 0.414. The number of pyridine rings is 1. The van der Waals surface area contributed by atoms with E-state index in [1.54, 1.807) is 31.0 Å². The summed E-state index contributed by atoms with van der Waals surface area (Å²) in [7, 11) is 0. The van der Waals surface area contributed by atoms with E-state index < -0.39 is 18.1 Å². The second kappa shape index (κ2) is 15.6. The fourth-order valence-electron chi connectivity index (χ4n) is 4.05. The monoisotopic (exact) mass is 631 g/mol. The van der Waals surface area contributed by atoms with Crippen molar-refractivity contribution in [3.05, 3.63) is 47.5 Å². The molecule has 3 amide bonds. The Morgan fingerprint density at radius 3 is 2.50 bits per heavy atom. The summed E-state index contributed by atoms with van der Waals surface area (Å²) >= 11 is 1.47. The lowest BCUT2D eigenvalue weighted by molar-refractivity contribution is -0.169. The van der Waals surface area contributed by atoms with Crippen molar-refractivity contribution in [2.75, 3.05) is 13.1 Å². The number of amides is 3. The van der Waals surface area contributed by atoms with Gasteiger partial charge in [-0.25, -0.2) is 4.98 Å². The number of terminal acetylenes is 1. The van der Waals surface area contributed by atoms with Crippen molar-refractivity contribution in [1.29, 1.82) is 5.26 Å². The van der Waals surface area contributed by atoms with E-state index in [1.807, 2.05) is 23.3 Å². The number of alkyl halides is 3. The topological polar surface area (TPSA) is 164 Å². The number of nitrogens with two attached hydrogens (primary N) is 1. The summed E-state index contributed by atoms with van der Waals surface area (Å²) in [5, 5.41) is 14.1. The summed E-state index contributed by atoms with van der Waals surface area (Å²) in [5.41, 5.74) is 5.35. The number of halogens is 3. The molecule has 3 N–H and O–H groups in total. The predicted octanol–water partition coefficient (Wildman–Crippen LogP) is 3.76. The van der Waals surface area contributed by atoms with Gasteiger partial charge in [-0.2, -0.15) is 18.4 Å². The smallest absolute Gasteiger partial charge is 0.470 e. The molecule has 44 heavy (non-hydrogen) atoms. The van der Waals surface area contributed by atoms with Crippen molar-refractivity contribution in [1.82, 2.24) is 25.2 Å². The van der Waals surface area contributed by atoms with Gasteiger partial charge in [-0.15, -0.1) is 17.8 Å². The number of aromatic nitrogens is 3. The Hall–Kier alpha value is -4.76. The molecule has 1 saturated heterocycles. The number of ether oxygens (including phenoxy) is 1. The summed E-state index contributed by atoms with van der Waals surface area (Å²) in [5.74, 6) is 1.45. The van der Waals surface area contributed by atoms with Crippen molar-refractivity contribution >= 4 is 39.6 Å². The molecule has 4 heterocycles. The lowest BCUT2D eigenvalue weighted by Gasteiger charge is -2.22. The van der Waals surface area contributed by atoms with Gasteiger partial charge >= 0.3 is 12.1 Å². The van der Waals surface area contributed by atoms with Gasteiger partial charge in [0, 0.05) is 59.8 Å². The minimum absolute atomic E-state index is 0.152. The van der Waals surface area contributed by atoms with Gasteiger partial charge in [0.2, 0.25) is 18.2 Å². The Labute approximate surface area is 256 Å². The number of nitriles is 1. The number of likely N-dealkylation sites (tertiary alicyclic amines) is 1. The molecule has 0 bridgehead atoms. The van der Waals surface area contributed by atoms with Crippen LogP contribution in [0.15, 0.2) is 36.4 Å². The van der Waals surface area contributed by atoms with Crippen LogP contribution in [0, 0.1) is 35.0 Å². The van der Waals surface area contributed by atoms with Crippen molar-refractivity contribution in [2.24, 2.45) is 17.1 Å². The molecule has 4 rings (SSSR count). The van der Waals surface area contributed by atoms with Gasteiger partial charge in [0.25, 0.3) is 0 Å². The summed E-state index contributed by atoms with van der Waals surface area (Å²) < 4.78 is 38.6. The average Bonchev–Trinajstić information content (AvgIpc) is 3.51. The number of primary amides is 1. The highest BCUT2D eigenvalue weighted by Crippen LogP contribution is 2.35. The number of nitrogens with zero attached hydrogens (tertiary/aromatic N) is 5. The number of carbonyl (C=O) groups is 3. The number of hydrogen-bond donors (Lipinski definition) is 2. The number of carbonyl (C=O) groups excluding carboxylic acids is 3. The number of thiophene rings is 1. The first kappa shape index (κ1) is 35.4. The first-order valence-corrected chi connectivity index (χ1v) is 14.0. The van der Waals surface area contributed by atoms with Crippen LogP contribution < -0.4 is 15.8 Å². The van der Waals surface area contributed by atoms with Crippen molar-refractivity contribution < 1.29 is 32.3 Å². The number of rotatable bonds is 7. The third-order valence-electron chi connectivity index (χ3n) is 6.73. The van der Waals surface area contributed by atoms with E-state index in [1.165, 1.54) is 11.3 Å². The van der Waals surface area contributed by atoms with Crippen LogP contribution in [0.3, 0.4) is 0 Å². The molecule has 0 saturated carbocycles. The highest BCUT2D eigenvalue weighted by atomic mass is 32.1. The molecule has 1 fully saturated rings. The van der Waals surface area contributed by atoms with Crippen LogP contribution in [0.25, 0.3) is 10.1 Å². The molecule has 3 aromatic heterocycles. The van der Waals surface area contributed by atoms with Crippen LogP contribution in [0.1, 0.15) is 51.3 Å². The Kier molecular flexibility index (Phi) is 12.6. The first-order valence-electron chi connectivity index (χ1n) is 13.1. The highest BCUT2D eigenvalue weighted by Gasteiger charge is 2.38. The summed E-state index contributed by atoms with van der Waals surface area (Å²) in [6.45, 7) is 10.2. The molecule has 1 aliphatic heterocycles. The highest BCUT2D eigenvalue weighted by molar-refractivity contribution is 7.17. The third kappa shape index (κ3) is 9.91. The number of fused-ring (bicyclic) bond motifs is 1. The van der Waals surface area contributed by atoms with Crippen molar-refractivity contribution in [3.8, 4) is 24.3 Å². The van der Waals surface area contributed by atoms with E-state index in [2.05, 4.69) is 52.7 Å². The van der Waals surface area contributed by atoms with Gasteiger partial charge in [0.05, 0.1) is 23.4 Å². The predicted molar refractivity (Wildman–Crippen MR) is 157 cm³/mol. The van der Waals surface area contributed by atoms with Crippen LogP contribution in [-0.4, -0.2) is 63.4 Å². The Bertz CT molecular complexity index is 1520. The van der Waals surface area contributed by atoms with Crippen molar-refractivity contribution in [2.45, 2.75) is 52.4 Å². The minimum atomic E-state index is -4.86. The molecule has 15 heteroatoms. The summed E-state index contributed by atoms with van der Waals surface area (Å²) in [6, 6.07) is 1.28. The molecule has 2 unspecified atom stereocenters. The minimum Gasteiger partial charge on any atom is -0.473 e. The van der Waals surface area contributed by atoms with Crippen molar-refractivity contribution in [3.63, 3.8) is 0 Å². The molecular formula is C29H32F3N7O4S. The second-order valence-electron chi connectivity index (χ2n) is 10.4. The maximum absolute atomic E-state index is 12.3. The van der Waals surface area contributed by atoms with Gasteiger partial charge in [-0.1, -0.05) is 26.7 Å². The molecular weight excluding hydrogens is 599 g/mol. The molecule has 0 radical (unpaired) electrons. The van der Waals surface area contributed by atoms with E-state index in [0.29, 0.717) is 30.2 Å². The van der Waals surface area contributed by atoms with E-state index in [4.69, 9.17) is 21.2 Å². The average molecular weight is 632 g/mol. The van der Waals surface area contributed by atoms with E-state index in [0.717, 1.165) is 28.7 Å². The van der Waals surface area contributed by atoms with E-state index >= 15 is 0 Å². The molecule has 234 valence electrons. The third-order valence-corrected chi connectivity index (χ3v) is 7.64. The van der Waals surface area contributed by atoms with E-state index in [9.17, 15) is 22.8 Å². The molecule has 11 nitrogen and oxygen atoms in total. The zero-order valence-electron chi connectivity index (χ0n) is 24.5. The second-order valence-corrected chi connectivity index (χ2v) is 11.4. The maximum Gasteiger partial charge on any atom is 0.470 e. The van der Waals surface area contributed by atoms with Crippen LogP contribution in [0.5, 0.6) is 5.88 Å². The van der Waals surface area contributed by atoms with Crippen LogP contribution in [-0.2, 0) is 14.4 Å². The Morgan fingerprint density at radius 2 is 2.00 bits per heavy atom. The first-order chi connectivity index (χ1) is 20.6. The summed E-state index contributed by atoms with van der Waals surface area (Å²) in [4.78, 5) is 45.8. The van der Waals surface area contributed by atoms with E-state index in [-0.39, 0.29) is 17.4 Å². The zero-order chi connectivity index (χ0) is 33.1. The van der Waals surface area contributed by atoms with Gasteiger partial charge < -0.3 is 20.7 Å². The van der Waals surface area contributed by atoms with Gasteiger partial charge in [0.15, 0.2) is 0 Å². The molecule has 3 atom stereocenters. The van der Waals surface area contributed by atoms with Crippen LogP contribution >= 0.6 is 11.3 Å². The molecule has 0 aromatic carbocycles. The normalized spacial score (nSPS) is 16.5. The van der Waals surface area contributed by atoms with Crippen LogP contribution in [0.2, 0.25) is 0 Å². The molecule has 0 aliphatic carbocycles. The van der Waals surface area contributed by atoms with Gasteiger partial charge in [-0.3, -0.25) is 24.4 Å². The molecule has 1 aliphatic rings. The fourth-order valence-corrected chi connectivity index (χ4v) is 4.95. The van der Waals surface area contributed by atoms with Gasteiger partial charge in [-0.05, 0) is 18.3 Å². The zero-order valence-corrected chi connectivity index (χ0v) is 25.3. The Morgan fingerprint density at radius 1 is 1.32 bits per heavy atom. The Balaban J connectivity index is 0.000000256. The largest absolute Gasteiger partial charge is 0.473 e. The quantitative estimate of drug-likeness (QED) is 0.294. The molecule has 3 aromatic rings. The lowest BCUT2D eigenvalue weighted by Crippen LogP contribution is -2.33. The SMILES string of the molecule is C#Cc1csc2cncc(C(C#N)NC=O)c12.CC1CN(C(=O)C[C@@H](C)Oc2cnccn2)CC1(C)C.NC(=O)C(F)(F)F. The number of hydrogen-bond acceptors (Lipinski definition) is 9. The number of nitrogens with one attached hydrogen (secondary N) is 1. The lowest BCUT2D eigenvalue weighted by atomic mass is 9.84. The van der Waals surface area contributed by atoms with Gasteiger partial charge in [0.1, 0.15) is 12.1 Å². The molecule has 0 spiro atoms. The van der Waals surface area contributed by atoms with Crippen LogP contribution in [0.4, 0.5) is 13.2 Å². The standard InChI is InChI=1S/C15H23N3O2.C12H7N3OS.C2H2F3NO/c1-11-9-18(10-15(11,3)4)14(19)7-12(2)20-13-8-16-5-6-17-13;1-2-8-6-17-11-5-14-4-9(12(8)11)10(3-13)15-7-16;3-2(4,5)1(6)7/h5-6,8,11-12H,7,9-10H2,1-4H3;1,4-7,10H,(H,15,16);(H2,6,7)/t11?,12-;;/m1../s1.